The van der Waals surface area contributed by atoms with E-state index >= 15 is 0 Å². The van der Waals surface area contributed by atoms with E-state index in [0.717, 1.165) is 55.2 Å². The zero-order valence-corrected chi connectivity index (χ0v) is 23.3. The number of fused-ring (bicyclic) bond motifs is 1. The third kappa shape index (κ3) is 5.05. The summed E-state index contributed by atoms with van der Waals surface area (Å²) in [6.45, 7) is 9.90. The van der Waals surface area contributed by atoms with Crippen molar-refractivity contribution in [3.8, 4) is 0 Å². The van der Waals surface area contributed by atoms with Crippen LogP contribution in [-0.2, 0) is 19.6 Å². The van der Waals surface area contributed by atoms with Gasteiger partial charge >= 0.3 is 0 Å². The minimum atomic E-state index is -3.76. The Bertz CT molecular complexity index is 1400. The van der Waals surface area contributed by atoms with Crippen molar-refractivity contribution in [2.75, 3.05) is 50.7 Å². The van der Waals surface area contributed by atoms with Crippen molar-refractivity contribution in [3.05, 3.63) is 31.0 Å². The van der Waals surface area contributed by atoms with Gasteiger partial charge < -0.3 is 20.0 Å². The van der Waals surface area contributed by atoms with Crippen LogP contribution in [0.2, 0.25) is 0 Å². The first kappa shape index (κ1) is 26.3. The van der Waals surface area contributed by atoms with E-state index in [2.05, 4.69) is 21.5 Å². The Balaban J connectivity index is 1.32. The minimum Gasteiger partial charge on any atom is -0.367 e. The lowest BCUT2D eigenvalue weighted by molar-refractivity contribution is -0.133. The summed E-state index contributed by atoms with van der Waals surface area (Å²) in [7, 11) is -3.76. The Morgan fingerprint density at radius 2 is 1.90 bits per heavy atom. The van der Waals surface area contributed by atoms with Crippen molar-refractivity contribution >= 4 is 38.4 Å². The molecule has 4 heterocycles. The van der Waals surface area contributed by atoms with Gasteiger partial charge in [0.15, 0.2) is 0 Å². The number of carbonyl (C=O) groups is 2. The van der Waals surface area contributed by atoms with Gasteiger partial charge in [0, 0.05) is 55.9 Å². The predicted molar refractivity (Wildman–Crippen MR) is 148 cm³/mol. The first-order valence-corrected chi connectivity index (χ1v) is 15.4. The van der Waals surface area contributed by atoms with Gasteiger partial charge in [-0.15, -0.1) is 0 Å². The number of piperazine rings is 1. The normalized spacial score (nSPS) is 24.9. The van der Waals surface area contributed by atoms with Gasteiger partial charge in [-0.3, -0.25) is 14.3 Å². The molecule has 4 fully saturated rings. The van der Waals surface area contributed by atoms with E-state index in [-0.39, 0.29) is 28.8 Å². The van der Waals surface area contributed by atoms with E-state index in [1.165, 1.54) is 6.08 Å². The lowest BCUT2D eigenvalue weighted by Crippen LogP contribution is -2.53. The molecule has 1 aromatic heterocycles. The topological polar surface area (TPSA) is 120 Å². The molecule has 12 heteroatoms. The molecule has 4 aliphatic rings. The number of aromatic nitrogens is 2. The number of amides is 2. The molecule has 1 aliphatic carbocycles. The minimum absolute atomic E-state index is 0.0560. The fourth-order valence-electron chi connectivity index (χ4n) is 6.04. The highest BCUT2D eigenvalue weighted by Crippen LogP contribution is 2.38. The second kappa shape index (κ2) is 9.90. The van der Waals surface area contributed by atoms with Gasteiger partial charge in [-0.1, -0.05) is 6.58 Å². The van der Waals surface area contributed by atoms with E-state index in [4.69, 9.17) is 5.10 Å². The molecule has 0 spiro atoms. The quantitative estimate of drug-likeness (QED) is 0.493. The largest absolute Gasteiger partial charge is 0.367 e. The van der Waals surface area contributed by atoms with Gasteiger partial charge in [0.2, 0.25) is 21.8 Å². The molecular weight excluding hydrogens is 518 g/mol. The maximum atomic E-state index is 13.5. The van der Waals surface area contributed by atoms with Gasteiger partial charge in [-0.2, -0.15) is 5.10 Å². The Morgan fingerprint density at radius 3 is 2.56 bits per heavy atom. The summed E-state index contributed by atoms with van der Waals surface area (Å²) in [4.78, 5) is 31.2. The SMILES string of the molecule is C=CC(=O)N1CCC(n2ncc3c(N4CCN(C(=O)[C@@H]5CCCN5)CC4)cc(S(=O)(=O)NC4(C)CC4)cc32)C1. The Hall–Kier alpha value is -2.96. The highest BCUT2D eigenvalue weighted by atomic mass is 32.2. The Kier molecular flexibility index (Phi) is 6.67. The number of benzene rings is 1. The van der Waals surface area contributed by atoms with Crippen LogP contribution in [0, 0.1) is 0 Å². The van der Waals surface area contributed by atoms with E-state index in [1.54, 1.807) is 23.2 Å². The van der Waals surface area contributed by atoms with Crippen molar-refractivity contribution in [1.29, 1.82) is 0 Å². The zero-order chi connectivity index (χ0) is 27.4. The number of nitrogens with zero attached hydrogens (tertiary/aromatic N) is 5. The average Bonchev–Trinajstić information content (AvgIpc) is 3.41. The summed E-state index contributed by atoms with van der Waals surface area (Å²) in [5.74, 6) is 0.0446. The Labute approximate surface area is 229 Å². The summed E-state index contributed by atoms with van der Waals surface area (Å²) in [6, 6.07) is 3.31. The molecule has 1 saturated carbocycles. The summed E-state index contributed by atoms with van der Waals surface area (Å²) in [6.07, 6.45) is 7.39. The van der Waals surface area contributed by atoms with E-state index in [1.807, 2.05) is 16.5 Å². The zero-order valence-electron chi connectivity index (χ0n) is 22.4. The molecule has 6 rings (SSSR count). The molecule has 11 nitrogen and oxygen atoms in total. The molecule has 2 aromatic rings. The monoisotopic (exact) mass is 555 g/mol. The highest BCUT2D eigenvalue weighted by Gasteiger charge is 2.42. The fourth-order valence-corrected chi connectivity index (χ4v) is 7.54. The van der Waals surface area contributed by atoms with E-state index < -0.39 is 15.6 Å². The summed E-state index contributed by atoms with van der Waals surface area (Å²) >= 11 is 0. The maximum Gasteiger partial charge on any atom is 0.246 e. The van der Waals surface area contributed by atoms with Crippen LogP contribution in [0.4, 0.5) is 5.69 Å². The van der Waals surface area contributed by atoms with Gasteiger partial charge in [-0.25, -0.2) is 13.1 Å². The van der Waals surface area contributed by atoms with Crippen LogP contribution in [0.25, 0.3) is 10.9 Å². The number of anilines is 1. The van der Waals surface area contributed by atoms with Crippen LogP contribution in [0.5, 0.6) is 0 Å². The van der Waals surface area contributed by atoms with Gasteiger partial charge in [-0.05, 0) is 63.8 Å². The standard InChI is InChI=1S/C27H37N7O4S/c1-3-25(35)33-10-6-19(18-33)34-24-16-20(39(37,38)30-27(2)7-8-27)15-23(21(24)17-29-34)31-11-13-32(14-12-31)26(36)22-5-4-9-28-22/h3,15-17,19,22,28,30H,1,4-14,18H2,2H3/t19?,22-/m0/s1. The average molecular weight is 556 g/mol. The molecule has 0 radical (unpaired) electrons. The van der Waals surface area contributed by atoms with Crippen molar-refractivity contribution in [2.24, 2.45) is 0 Å². The second-order valence-electron chi connectivity index (χ2n) is 11.5. The third-order valence-electron chi connectivity index (χ3n) is 8.64. The predicted octanol–water partition coefficient (Wildman–Crippen LogP) is 1.23. The first-order valence-electron chi connectivity index (χ1n) is 13.9. The van der Waals surface area contributed by atoms with Crippen LogP contribution in [0.3, 0.4) is 0 Å². The molecule has 2 atom stereocenters. The number of carbonyl (C=O) groups excluding carboxylic acids is 2. The summed E-state index contributed by atoms with van der Waals surface area (Å²) in [5, 5.41) is 8.86. The second-order valence-corrected chi connectivity index (χ2v) is 13.2. The molecule has 1 unspecified atom stereocenters. The highest BCUT2D eigenvalue weighted by molar-refractivity contribution is 7.89. The number of likely N-dealkylation sites (tertiary alicyclic amines) is 1. The molecule has 3 aliphatic heterocycles. The first-order chi connectivity index (χ1) is 18.7. The molecule has 210 valence electrons. The molecule has 0 bridgehead atoms. The molecule has 1 aromatic carbocycles. The van der Waals surface area contributed by atoms with Gasteiger partial charge in [0.25, 0.3) is 0 Å². The van der Waals surface area contributed by atoms with E-state index in [9.17, 15) is 18.0 Å². The van der Waals surface area contributed by atoms with Crippen molar-refractivity contribution in [1.82, 2.24) is 29.6 Å². The number of hydrogen-bond donors (Lipinski definition) is 2. The van der Waals surface area contributed by atoms with E-state index in [0.29, 0.717) is 39.3 Å². The lowest BCUT2D eigenvalue weighted by Gasteiger charge is -2.37. The smallest absolute Gasteiger partial charge is 0.246 e. The number of sulfonamides is 1. The maximum absolute atomic E-state index is 13.5. The number of rotatable bonds is 7. The fraction of sp³-hybridized carbons (Fsp3) is 0.593. The lowest BCUT2D eigenvalue weighted by atomic mass is 10.1. The molecule has 2 amide bonds. The van der Waals surface area contributed by atoms with Crippen LogP contribution in [-0.4, -0.2) is 97.2 Å². The van der Waals surface area contributed by atoms with Crippen LogP contribution in [0.1, 0.15) is 45.1 Å². The van der Waals surface area contributed by atoms with Gasteiger partial charge in [0.05, 0.1) is 28.7 Å². The van der Waals surface area contributed by atoms with Crippen LogP contribution in [0.15, 0.2) is 35.9 Å². The molecule has 3 saturated heterocycles. The van der Waals surface area contributed by atoms with Crippen molar-refractivity contribution in [2.45, 2.75) is 61.5 Å². The van der Waals surface area contributed by atoms with Gasteiger partial charge in [0.1, 0.15) is 0 Å². The summed E-state index contributed by atoms with van der Waals surface area (Å²) < 4.78 is 31.8. The summed E-state index contributed by atoms with van der Waals surface area (Å²) in [5.41, 5.74) is 1.15. The number of hydrogen-bond acceptors (Lipinski definition) is 7. The molecular formula is C27H37N7O4S. The number of nitrogens with one attached hydrogen (secondary N) is 2. The molecule has 39 heavy (non-hydrogen) atoms. The van der Waals surface area contributed by atoms with Crippen LogP contribution >= 0.6 is 0 Å². The van der Waals surface area contributed by atoms with Crippen molar-refractivity contribution in [3.63, 3.8) is 0 Å². The van der Waals surface area contributed by atoms with Crippen LogP contribution < -0.4 is 14.9 Å². The third-order valence-corrected chi connectivity index (χ3v) is 10.3. The van der Waals surface area contributed by atoms with Crippen molar-refractivity contribution < 1.29 is 18.0 Å². The Morgan fingerprint density at radius 1 is 1.13 bits per heavy atom. The molecule has 2 N–H and O–H groups in total.